The summed E-state index contributed by atoms with van der Waals surface area (Å²) in [7, 11) is 0. The van der Waals surface area contributed by atoms with Crippen LogP contribution in [0.2, 0.25) is 0 Å². The minimum Gasteiger partial charge on any atom is -0.379 e. The first-order valence-corrected chi connectivity index (χ1v) is 7.73. The number of rotatable bonds is 2. The van der Waals surface area contributed by atoms with Crippen LogP contribution in [0.3, 0.4) is 0 Å². The van der Waals surface area contributed by atoms with E-state index in [2.05, 4.69) is 47.1 Å². The molecule has 4 nitrogen and oxygen atoms in total. The molecule has 0 saturated carbocycles. The molecule has 0 aliphatic carbocycles. The van der Waals surface area contributed by atoms with Crippen LogP contribution < -0.4 is 5.32 Å². The number of hydrogen-bond acceptors (Lipinski definition) is 3. The van der Waals surface area contributed by atoms with Crippen LogP contribution in [0.1, 0.15) is 24.7 Å². The van der Waals surface area contributed by atoms with Crippen LogP contribution in [0.5, 0.6) is 0 Å². The monoisotopic (exact) mass is 283 g/mol. The second-order valence-electron chi connectivity index (χ2n) is 6.26. The molecule has 1 atom stereocenters. The largest absolute Gasteiger partial charge is 0.379 e. The third-order valence-electron chi connectivity index (χ3n) is 4.66. The van der Waals surface area contributed by atoms with E-state index in [-0.39, 0.29) is 5.54 Å². The van der Waals surface area contributed by atoms with Gasteiger partial charge in [-0.3, -0.25) is 0 Å². The number of ether oxygens (including phenoxy) is 1. The highest BCUT2D eigenvalue weighted by Gasteiger charge is 2.37. The van der Waals surface area contributed by atoms with E-state index in [0.717, 1.165) is 45.0 Å². The molecule has 1 saturated heterocycles. The van der Waals surface area contributed by atoms with Crippen LogP contribution in [0, 0.1) is 0 Å². The Morgan fingerprint density at radius 2 is 2.14 bits per heavy atom. The van der Waals surface area contributed by atoms with Crippen molar-refractivity contribution in [2.75, 3.05) is 19.8 Å². The molecule has 21 heavy (non-hydrogen) atoms. The van der Waals surface area contributed by atoms with Gasteiger partial charge in [0.25, 0.3) is 0 Å². The van der Waals surface area contributed by atoms with Crippen molar-refractivity contribution in [3.05, 3.63) is 41.7 Å². The smallest absolute Gasteiger partial charge is 0.141 e. The minimum absolute atomic E-state index is 0.0309. The Balaban J connectivity index is 1.92. The van der Waals surface area contributed by atoms with Gasteiger partial charge in [0.1, 0.15) is 5.82 Å². The molecule has 1 N–H and O–H groups in total. The second-order valence-corrected chi connectivity index (χ2v) is 6.26. The molecule has 2 aliphatic heterocycles. The van der Waals surface area contributed by atoms with Crippen LogP contribution in [0.4, 0.5) is 0 Å². The quantitative estimate of drug-likeness (QED) is 0.919. The highest BCUT2D eigenvalue weighted by atomic mass is 16.5. The zero-order valence-electron chi connectivity index (χ0n) is 12.4. The van der Waals surface area contributed by atoms with Gasteiger partial charge in [-0.05, 0) is 13.3 Å². The van der Waals surface area contributed by atoms with E-state index in [4.69, 9.17) is 9.72 Å². The van der Waals surface area contributed by atoms with Crippen molar-refractivity contribution in [2.24, 2.45) is 0 Å². The summed E-state index contributed by atoms with van der Waals surface area (Å²) in [6.45, 7) is 5.83. The number of aromatic nitrogens is 2. The fraction of sp³-hybridized carbons (Fsp3) is 0.471. The van der Waals surface area contributed by atoms with E-state index >= 15 is 0 Å². The van der Waals surface area contributed by atoms with Gasteiger partial charge in [-0.2, -0.15) is 0 Å². The van der Waals surface area contributed by atoms with Crippen molar-refractivity contribution in [1.82, 2.24) is 14.9 Å². The van der Waals surface area contributed by atoms with Crippen LogP contribution in [-0.2, 0) is 23.2 Å². The fourth-order valence-corrected chi connectivity index (χ4v) is 3.51. The third-order valence-corrected chi connectivity index (χ3v) is 4.66. The summed E-state index contributed by atoms with van der Waals surface area (Å²) in [6.07, 6.45) is 2.10. The summed E-state index contributed by atoms with van der Waals surface area (Å²) in [5.41, 5.74) is 3.82. The van der Waals surface area contributed by atoms with Gasteiger partial charge in [0.15, 0.2) is 0 Å². The van der Waals surface area contributed by atoms with Gasteiger partial charge in [-0.15, -0.1) is 0 Å². The molecule has 3 heterocycles. The van der Waals surface area contributed by atoms with Gasteiger partial charge in [-0.25, -0.2) is 4.98 Å². The van der Waals surface area contributed by atoms with Crippen molar-refractivity contribution in [3.63, 3.8) is 0 Å². The Bertz CT molecular complexity index is 642. The molecule has 110 valence electrons. The maximum Gasteiger partial charge on any atom is 0.141 e. The highest BCUT2D eigenvalue weighted by molar-refractivity contribution is 5.57. The number of fused-ring (bicyclic) bond motifs is 1. The molecule has 0 spiro atoms. The molecular weight excluding hydrogens is 262 g/mol. The Kier molecular flexibility index (Phi) is 3.08. The standard InChI is InChI=1S/C17H21N3O/c1-17(8-10-21-12-17)20-15-7-9-18-11-14(15)19-16(20)13-5-3-2-4-6-13/h2-6,18H,7-12H2,1H3. The molecule has 2 aromatic rings. The topological polar surface area (TPSA) is 39.1 Å². The SMILES string of the molecule is CC1(n2c(-c3ccccc3)nc3c2CCNC3)CCOC1. The first-order valence-electron chi connectivity index (χ1n) is 7.73. The summed E-state index contributed by atoms with van der Waals surface area (Å²) < 4.78 is 8.17. The highest BCUT2D eigenvalue weighted by Crippen LogP contribution is 2.35. The fourth-order valence-electron chi connectivity index (χ4n) is 3.51. The van der Waals surface area contributed by atoms with Gasteiger partial charge >= 0.3 is 0 Å². The lowest BCUT2D eigenvalue weighted by molar-refractivity contribution is 0.161. The van der Waals surface area contributed by atoms with E-state index < -0.39 is 0 Å². The van der Waals surface area contributed by atoms with Gasteiger partial charge in [-0.1, -0.05) is 30.3 Å². The molecule has 1 unspecified atom stereocenters. The number of hydrogen-bond donors (Lipinski definition) is 1. The average Bonchev–Trinajstić information content (AvgIpc) is 3.12. The molecule has 1 aromatic heterocycles. The average molecular weight is 283 g/mol. The molecular formula is C17H21N3O. The Morgan fingerprint density at radius 3 is 2.90 bits per heavy atom. The van der Waals surface area contributed by atoms with Gasteiger partial charge in [0.2, 0.25) is 0 Å². The summed E-state index contributed by atoms with van der Waals surface area (Å²) in [5.74, 6) is 1.09. The van der Waals surface area contributed by atoms with Crippen LogP contribution >= 0.6 is 0 Å². The third kappa shape index (κ3) is 2.10. The molecule has 0 amide bonds. The maximum absolute atomic E-state index is 5.70. The molecule has 4 heteroatoms. The summed E-state index contributed by atoms with van der Waals surface area (Å²) in [6, 6.07) is 10.5. The number of benzene rings is 1. The van der Waals surface area contributed by atoms with Crippen molar-refractivity contribution in [1.29, 1.82) is 0 Å². The summed E-state index contributed by atoms with van der Waals surface area (Å²) in [5, 5.41) is 3.43. The molecule has 0 bridgehead atoms. The number of imidazole rings is 1. The lowest BCUT2D eigenvalue weighted by atomic mass is 9.99. The predicted octanol–water partition coefficient (Wildman–Crippen LogP) is 2.33. The van der Waals surface area contributed by atoms with E-state index in [0.29, 0.717) is 0 Å². The Hall–Kier alpha value is -1.65. The van der Waals surface area contributed by atoms with Crippen molar-refractivity contribution in [2.45, 2.75) is 31.8 Å². The second kappa shape index (κ2) is 4.97. The first-order chi connectivity index (χ1) is 10.3. The van der Waals surface area contributed by atoms with Crippen molar-refractivity contribution >= 4 is 0 Å². The van der Waals surface area contributed by atoms with Crippen molar-refractivity contribution in [3.8, 4) is 11.4 Å². The van der Waals surface area contributed by atoms with Crippen LogP contribution in [-0.4, -0.2) is 29.3 Å². The lowest BCUT2D eigenvalue weighted by Gasteiger charge is -2.30. The zero-order chi connectivity index (χ0) is 14.3. The van der Waals surface area contributed by atoms with E-state index in [1.165, 1.54) is 17.0 Å². The predicted molar refractivity (Wildman–Crippen MR) is 82.2 cm³/mol. The lowest BCUT2D eigenvalue weighted by Crippen LogP contribution is -2.35. The number of nitrogens with zero attached hydrogens (tertiary/aromatic N) is 2. The number of nitrogens with one attached hydrogen (secondary N) is 1. The maximum atomic E-state index is 5.70. The summed E-state index contributed by atoms with van der Waals surface area (Å²) in [4.78, 5) is 4.96. The normalized spacial score (nSPS) is 25.0. The molecule has 0 radical (unpaired) electrons. The molecule has 1 aromatic carbocycles. The van der Waals surface area contributed by atoms with E-state index in [1.807, 2.05) is 0 Å². The minimum atomic E-state index is 0.0309. The van der Waals surface area contributed by atoms with Crippen LogP contribution in [0.25, 0.3) is 11.4 Å². The summed E-state index contributed by atoms with van der Waals surface area (Å²) >= 11 is 0. The van der Waals surface area contributed by atoms with Gasteiger partial charge in [0.05, 0.1) is 17.8 Å². The van der Waals surface area contributed by atoms with Crippen molar-refractivity contribution < 1.29 is 4.74 Å². The zero-order valence-corrected chi connectivity index (χ0v) is 12.4. The van der Waals surface area contributed by atoms with Gasteiger partial charge < -0.3 is 14.6 Å². The van der Waals surface area contributed by atoms with E-state index in [9.17, 15) is 0 Å². The Labute approximate surface area is 125 Å². The first kappa shape index (κ1) is 13.0. The Morgan fingerprint density at radius 1 is 1.29 bits per heavy atom. The van der Waals surface area contributed by atoms with Gasteiger partial charge in [0, 0.05) is 37.4 Å². The molecule has 1 fully saturated rings. The molecule has 4 rings (SSSR count). The van der Waals surface area contributed by atoms with Crippen LogP contribution in [0.15, 0.2) is 30.3 Å². The molecule has 2 aliphatic rings. The van der Waals surface area contributed by atoms with E-state index in [1.54, 1.807) is 0 Å².